The van der Waals surface area contributed by atoms with Gasteiger partial charge in [-0.15, -0.1) is 5.10 Å². The van der Waals surface area contributed by atoms with Gasteiger partial charge in [0, 0.05) is 38.3 Å². The SMILES string of the molecule is CN1CCN(C(=O)Cn2cc(CNC(C)(C)C)nn2)CC1. The molecule has 0 spiro atoms. The van der Waals surface area contributed by atoms with Gasteiger partial charge in [0.1, 0.15) is 6.54 Å². The first-order chi connectivity index (χ1) is 9.83. The minimum atomic E-state index is 0.0411. The molecule has 1 aliphatic heterocycles. The maximum Gasteiger partial charge on any atom is 0.244 e. The van der Waals surface area contributed by atoms with Crippen molar-refractivity contribution < 1.29 is 4.79 Å². The van der Waals surface area contributed by atoms with E-state index in [0.717, 1.165) is 31.9 Å². The molecule has 2 rings (SSSR count). The van der Waals surface area contributed by atoms with Gasteiger partial charge in [-0.25, -0.2) is 4.68 Å². The second-order valence-electron chi connectivity index (χ2n) is 6.70. The summed E-state index contributed by atoms with van der Waals surface area (Å²) in [5.74, 6) is 0.114. The van der Waals surface area contributed by atoms with E-state index in [1.54, 1.807) is 4.68 Å². The van der Waals surface area contributed by atoms with Crippen molar-refractivity contribution in [3.63, 3.8) is 0 Å². The third-order valence-electron chi connectivity index (χ3n) is 3.54. The number of carbonyl (C=O) groups is 1. The van der Waals surface area contributed by atoms with Gasteiger partial charge in [0.25, 0.3) is 0 Å². The van der Waals surface area contributed by atoms with Crippen molar-refractivity contribution in [2.45, 2.75) is 39.4 Å². The molecule has 0 aromatic carbocycles. The lowest BCUT2D eigenvalue weighted by Gasteiger charge is -2.32. The van der Waals surface area contributed by atoms with Crippen LogP contribution < -0.4 is 5.32 Å². The Hall–Kier alpha value is -1.47. The zero-order valence-corrected chi connectivity index (χ0v) is 13.5. The first kappa shape index (κ1) is 15.9. The van der Waals surface area contributed by atoms with Crippen molar-refractivity contribution in [2.75, 3.05) is 33.2 Å². The number of carbonyl (C=O) groups excluding carboxylic acids is 1. The van der Waals surface area contributed by atoms with Crippen LogP contribution in [0.5, 0.6) is 0 Å². The molecule has 0 bridgehead atoms. The number of hydrogen-bond acceptors (Lipinski definition) is 5. The molecule has 2 heterocycles. The molecule has 1 aromatic heterocycles. The molecule has 1 aromatic rings. The number of rotatable bonds is 4. The van der Waals surface area contributed by atoms with E-state index in [2.05, 4.69) is 48.3 Å². The van der Waals surface area contributed by atoms with Crippen LogP contribution in [0.2, 0.25) is 0 Å². The van der Waals surface area contributed by atoms with E-state index < -0.39 is 0 Å². The van der Waals surface area contributed by atoms with Crippen LogP contribution in [0.1, 0.15) is 26.5 Å². The Kier molecular flexibility index (Phi) is 4.95. The zero-order valence-electron chi connectivity index (χ0n) is 13.5. The average Bonchev–Trinajstić information content (AvgIpc) is 2.84. The highest BCUT2D eigenvalue weighted by Gasteiger charge is 2.19. The van der Waals surface area contributed by atoms with E-state index >= 15 is 0 Å². The predicted octanol–water partition coefficient (Wildman–Crippen LogP) is -0.0598. The molecule has 7 nitrogen and oxygen atoms in total. The third-order valence-corrected chi connectivity index (χ3v) is 3.54. The van der Waals surface area contributed by atoms with Gasteiger partial charge in [-0.05, 0) is 27.8 Å². The summed E-state index contributed by atoms with van der Waals surface area (Å²) in [5.41, 5.74) is 0.899. The first-order valence-electron chi connectivity index (χ1n) is 7.44. The molecule has 1 amide bonds. The molecule has 118 valence electrons. The molecule has 7 heteroatoms. The maximum absolute atomic E-state index is 12.2. The Balaban J connectivity index is 1.83. The molecule has 0 unspecified atom stereocenters. The number of aromatic nitrogens is 3. The van der Waals surface area contributed by atoms with Crippen LogP contribution in [-0.2, 0) is 17.9 Å². The van der Waals surface area contributed by atoms with E-state index in [9.17, 15) is 4.79 Å². The first-order valence-corrected chi connectivity index (χ1v) is 7.44. The molecule has 0 atom stereocenters. The van der Waals surface area contributed by atoms with Crippen molar-refractivity contribution in [2.24, 2.45) is 0 Å². The Morgan fingerprint density at radius 3 is 2.57 bits per heavy atom. The highest BCUT2D eigenvalue weighted by molar-refractivity contribution is 5.76. The van der Waals surface area contributed by atoms with Crippen LogP contribution in [0, 0.1) is 0 Å². The van der Waals surface area contributed by atoms with Gasteiger partial charge >= 0.3 is 0 Å². The van der Waals surface area contributed by atoms with Crippen LogP contribution in [-0.4, -0.2) is 69.5 Å². The summed E-state index contributed by atoms with van der Waals surface area (Å²) in [6, 6.07) is 0. The smallest absolute Gasteiger partial charge is 0.244 e. The van der Waals surface area contributed by atoms with Gasteiger partial charge < -0.3 is 15.1 Å². The van der Waals surface area contributed by atoms with E-state index in [1.165, 1.54) is 0 Å². The Morgan fingerprint density at radius 1 is 1.29 bits per heavy atom. The number of piperazine rings is 1. The number of likely N-dealkylation sites (N-methyl/N-ethyl adjacent to an activating group) is 1. The number of amides is 1. The van der Waals surface area contributed by atoms with E-state index in [1.807, 2.05) is 11.1 Å². The molecule has 1 aliphatic rings. The van der Waals surface area contributed by atoms with E-state index in [0.29, 0.717) is 6.54 Å². The highest BCUT2D eigenvalue weighted by Crippen LogP contribution is 2.03. The van der Waals surface area contributed by atoms with Crippen molar-refractivity contribution in [1.29, 1.82) is 0 Å². The minimum Gasteiger partial charge on any atom is -0.339 e. The van der Waals surface area contributed by atoms with Gasteiger partial charge in [-0.1, -0.05) is 5.21 Å². The fraction of sp³-hybridized carbons (Fsp3) is 0.786. The van der Waals surface area contributed by atoms with E-state index in [4.69, 9.17) is 0 Å². The highest BCUT2D eigenvalue weighted by atomic mass is 16.2. The average molecular weight is 294 g/mol. The number of nitrogens with zero attached hydrogens (tertiary/aromatic N) is 5. The number of hydrogen-bond donors (Lipinski definition) is 1. The Morgan fingerprint density at radius 2 is 1.95 bits per heavy atom. The monoisotopic (exact) mass is 294 g/mol. The summed E-state index contributed by atoms with van der Waals surface area (Å²) >= 11 is 0. The summed E-state index contributed by atoms with van der Waals surface area (Å²) in [7, 11) is 2.08. The summed E-state index contributed by atoms with van der Waals surface area (Å²) in [5, 5.41) is 11.5. The van der Waals surface area contributed by atoms with Crippen LogP contribution in [0.4, 0.5) is 0 Å². The lowest BCUT2D eigenvalue weighted by Crippen LogP contribution is -2.48. The summed E-state index contributed by atoms with van der Waals surface area (Å²) in [6.45, 7) is 10.7. The summed E-state index contributed by atoms with van der Waals surface area (Å²) in [6.07, 6.45) is 1.84. The lowest BCUT2D eigenvalue weighted by molar-refractivity contribution is -0.133. The normalized spacial score (nSPS) is 17.2. The minimum absolute atomic E-state index is 0.0411. The van der Waals surface area contributed by atoms with Crippen LogP contribution >= 0.6 is 0 Å². The maximum atomic E-state index is 12.2. The van der Waals surface area contributed by atoms with Gasteiger partial charge in [0.05, 0.1) is 11.9 Å². The second-order valence-corrected chi connectivity index (χ2v) is 6.70. The predicted molar refractivity (Wildman–Crippen MR) is 80.7 cm³/mol. The van der Waals surface area contributed by atoms with Crippen molar-refractivity contribution in [3.05, 3.63) is 11.9 Å². The number of nitrogens with one attached hydrogen (secondary N) is 1. The molecule has 1 fully saturated rings. The lowest BCUT2D eigenvalue weighted by atomic mass is 10.1. The van der Waals surface area contributed by atoms with Crippen molar-refractivity contribution in [3.8, 4) is 0 Å². The summed E-state index contributed by atoms with van der Waals surface area (Å²) in [4.78, 5) is 16.3. The molecule has 0 aliphatic carbocycles. The molecular formula is C14H26N6O. The fourth-order valence-electron chi connectivity index (χ4n) is 2.15. The van der Waals surface area contributed by atoms with Crippen LogP contribution in [0.15, 0.2) is 6.20 Å². The van der Waals surface area contributed by atoms with Gasteiger partial charge in [-0.2, -0.15) is 0 Å². The molecular weight excluding hydrogens is 268 g/mol. The van der Waals surface area contributed by atoms with Gasteiger partial charge in [-0.3, -0.25) is 4.79 Å². The topological polar surface area (TPSA) is 66.3 Å². The summed E-state index contributed by atoms with van der Waals surface area (Å²) < 4.78 is 1.63. The molecule has 1 N–H and O–H groups in total. The van der Waals surface area contributed by atoms with Crippen LogP contribution in [0.25, 0.3) is 0 Å². The largest absolute Gasteiger partial charge is 0.339 e. The van der Waals surface area contributed by atoms with Crippen LogP contribution in [0.3, 0.4) is 0 Å². The van der Waals surface area contributed by atoms with Crippen molar-refractivity contribution >= 4 is 5.91 Å². The van der Waals surface area contributed by atoms with Gasteiger partial charge in [0.2, 0.25) is 5.91 Å². The molecule has 1 saturated heterocycles. The third kappa shape index (κ3) is 5.09. The van der Waals surface area contributed by atoms with Crippen molar-refractivity contribution in [1.82, 2.24) is 30.1 Å². The molecule has 0 saturated carbocycles. The van der Waals surface area contributed by atoms with E-state index in [-0.39, 0.29) is 18.0 Å². The Bertz CT molecular complexity index is 470. The molecule has 0 radical (unpaired) electrons. The molecule has 21 heavy (non-hydrogen) atoms. The fourth-order valence-corrected chi connectivity index (χ4v) is 2.15. The quantitative estimate of drug-likeness (QED) is 0.843. The standard InChI is InChI=1S/C14H26N6O/c1-14(2,3)15-9-12-10-20(17-16-12)11-13(21)19-7-5-18(4)6-8-19/h10,15H,5-9,11H2,1-4H3. The Labute approximate surface area is 126 Å². The van der Waals surface area contributed by atoms with Gasteiger partial charge in [0.15, 0.2) is 0 Å². The second kappa shape index (κ2) is 6.53. The zero-order chi connectivity index (χ0) is 15.5.